The first-order chi connectivity index (χ1) is 10.8. The molecule has 0 aromatic carbocycles. The van der Waals surface area contributed by atoms with Gasteiger partial charge in [0.25, 0.3) is 5.56 Å². The molecule has 0 amide bonds. The van der Waals surface area contributed by atoms with Crippen molar-refractivity contribution in [1.82, 2.24) is 9.97 Å². The molecule has 1 fully saturated rings. The van der Waals surface area contributed by atoms with Crippen molar-refractivity contribution in [3.05, 3.63) is 26.6 Å². The van der Waals surface area contributed by atoms with E-state index in [1.807, 2.05) is 0 Å². The lowest BCUT2D eigenvalue weighted by Crippen LogP contribution is -3.10. The van der Waals surface area contributed by atoms with E-state index in [-0.39, 0.29) is 5.56 Å². The molecule has 0 unspecified atom stereocenters. The van der Waals surface area contributed by atoms with Gasteiger partial charge in [0.1, 0.15) is 11.4 Å². The first-order valence-electron chi connectivity index (χ1n) is 8.68. The quantitative estimate of drug-likeness (QED) is 0.887. The summed E-state index contributed by atoms with van der Waals surface area (Å²) in [5.74, 6) is 0.882. The van der Waals surface area contributed by atoms with Crippen molar-refractivity contribution in [1.29, 1.82) is 0 Å². The zero-order valence-corrected chi connectivity index (χ0v) is 13.9. The molecule has 118 valence electrons. The Morgan fingerprint density at radius 1 is 1.05 bits per heavy atom. The molecular weight excluding hydrogens is 294 g/mol. The van der Waals surface area contributed by atoms with Crippen molar-refractivity contribution in [2.75, 3.05) is 13.1 Å². The predicted octanol–water partition coefficient (Wildman–Crippen LogP) is 1.82. The molecule has 1 aliphatic heterocycles. The average Bonchev–Trinajstić information content (AvgIpc) is 3.01. The SMILES string of the molecule is O=c1[nH]c(C[NH+]2CCCCCCC2)nc2sc3c(c12)CCC3. The van der Waals surface area contributed by atoms with Crippen molar-refractivity contribution >= 4 is 21.6 Å². The Hall–Kier alpha value is -1.20. The summed E-state index contributed by atoms with van der Waals surface area (Å²) >= 11 is 1.74. The molecule has 2 aromatic heterocycles. The molecule has 5 heteroatoms. The second kappa shape index (κ2) is 6.13. The minimum absolute atomic E-state index is 0.0887. The van der Waals surface area contributed by atoms with Gasteiger partial charge in [-0.05, 0) is 50.5 Å². The Kier molecular flexibility index (Phi) is 4.01. The van der Waals surface area contributed by atoms with Gasteiger partial charge in [-0.2, -0.15) is 0 Å². The summed E-state index contributed by atoms with van der Waals surface area (Å²) < 4.78 is 0. The van der Waals surface area contributed by atoms with Crippen LogP contribution in [0.2, 0.25) is 0 Å². The second-order valence-corrected chi connectivity index (χ2v) is 7.83. The molecule has 3 heterocycles. The number of hydrogen-bond donors (Lipinski definition) is 2. The number of thiophene rings is 1. The number of aromatic nitrogens is 2. The van der Waals surface area contributed by atoms with Crippen LogP contribution >= 0.6 is 11.3 Å². The topological polar surface area (TPSA) is 50.2 Å². The lowest BCUT2D eigenvalue weighted by molar-refractivity contribution is -0.915. The van der Waals surface area contributed by atoms with Crippen LogP contribution in [0.3, 0.4) is 0 Å². The first-order valence-corrected chi connectivity index (χ1v) is 9.50. The average molecular weight is 318 g/mol. The number of H-pyrrole nitrogens is 1. The van der Waals surface area contributed by atoms with E-state index in [0.29, 0.717) is 0 Å². The van der Waals surface area contributed by atoms with Gasteiger partial charge in [-0.3, -0.25) is 4.79 Å². The Balaban J connectivity index is 1.61. The van der Waals surface area contributed by atoms with Gasteiger partial charge in [0.2, 0.25) is 0 Å². The number of rotatable bonds is 2. The minimum atomic E-state index is 0.0887. The van der Waals surface area contributed by atoms with Crippen LogP contribution in [0.25, 0.3) is 10.2 Å². The van der Waals surface area contributed by atoms with E-state index in [4.69, 9.17) is 4.98 Å². The van der Waals surface area contributed by atoms with E-state index in [1.54, 1.807) is 16.2 Å². The molecule has 0 atom stereocenters. The zero-order chi connectivity index (χ0) is 14.9. The number of aromatic amines is 1. The zero-order valence-electron chi connectivity index (χ0n) is 13.0. The number of hydrogen-bond acceptors (Lipinski definition) is 3. The number of nitrogens with zero attached hydrogens (tertiary/aromatic N) is 1. The van der Waals surface area contributed by atoms with Gasteiger partial charge in [0.05, 0.1) is 18.5 Å². The number of likely N-dealkylation sites (tertiary alicyclic amines) is 1. The van der Waals surface area contributed by atoms with Crippen molar-refractivity contribution < 1.29 is 4.90 Å². The van der Waals surface area contributed by atoms with Crippen LogP contribution in [-0.4, -0.2) is 23.1 Å². The molecule has 2 aromatic rings. The number of nitrogens with one attached hydrogen (secondary N) is 2. The van der Waals surface area contributed by atoms with Gasteiger partial charge in [-0.15, -0.1) is 11.3 Å². The monoisotopic (exact) mass is 318 g/mol. The summed E-state index contributed by atoms with van der Waals surface area (Å²) in [5, 5.41) is 0.879. The lowest BCUT2D eigenvalue weighted by Gasteiger charge is -2.21. The molecule has 4 nitrogen and oxygen atoms in total. The molecule has 1 aliphatic carbocycles. The number of aryl methyl sites for hydroxylation is 2. The van der Waals surface area contributed by atoms with Crippen LogP contribution in [-0.2, 0) is 19.4 Å². The van der Waals surface area contributed by atoms with E-state index >= 15 is 0 Å². The number of quaternary nitrogens is 1. The molecule has 0 saturated carbocycles. The molecule has 0 radical (unpaired) electrons. The van der Waals surface area contributed by atoms with Crippen LogP contribution < -0.4 is 10.5 Å². The fraction of sp³-hybridized carbons (Fsp3) is 0.647. The van der Waals surface area contributed by atoms with Crippen molar-refractivity contribution in [2.24, 2.45) is 0 Å². The van der Waals surface area contributed by atoms with E-state index < -0.39 is 0 Å². The maximum absolute atomic E-state index is 12.5. The maximum Gasteiger partial charge on any atom is 0.260 e. The van der Waals surface area contributed by atoms with Gasteiger partial charge >= 0.3 is 0 Å². The Morgan fingerprint density at radius 2 is 1.82 bits per heavy atom. The molecule has 2 aliphatic rings. The van der Waals surface area contributed by atoms with Crippen LogP contribution in [0.5, 0.6) is 0 Å². The summed E-state index contributed by atoms with van der Waals surface area (Å²) in [6.07, 6.45) is 10.1. The number of fused-ring (bicyclic) bond motifs is 3. The molecular formula is C17H24N3OS+. The molecule has 2 N–H and O–H groups in total. The highest BCUT2D eigenvalue weighted by Gasteiger charge is 2.22. The second-order valence-electron chi connectivity index (χ2n) is 6.74. The van der Waals surface area contributed by atoms with Gasteiger partial charge < -0.3 is 9.88 Å². The first kappa shape index (κ1) is 14.4. The Labute approximate surface area is 134 Å². The fourth-order valence-corrected chi connectivity index (χ4v) is 5.23. The lowest BCUT2D eigenvalue weighted by atomic mass is 10.1. The Morgan fingerprint density at radius 3 is 2.64 bits per heavy atom. The summed E-state index contributed by atoms with van der Waals surface area (Å²) in [5.41, 5.74) is 1.37. The van der Waals surface area contributed by atoms with E-state index in [2.05, 4.69) is 4.98 Å². The maximum atomic E-state index is 12.5. The largest absolute Gasteiger partial charge is 0.329 e. The van der Waals surface area contributed by atoms with Crippen molar-refractivity contribution in [2.45, 2.75) is 57.9 Å². The molecule has 1 saturated heterocycles. The highest BCUT2D eigenvalue weighted by molar-refractivity contribution is 7.18. The van der Waals surface area contributed by atoms with E-state index in [1.165, 1.54) is 62.1 Å². The standard InChI is InChI=1S/C17H23N3OS/c21-16-15-12-7-6-8-13(12)22-17(15)19-14(18-16)11-20-9-4-2-1-3-5-10-20/h1-11H2,(H,18,19,21)/p+1. The molecule has 0 spiro atoms. The van der Waals surface area contributed by atoms with E-state index in [9.17, 15) is 4.79 Å². The summed E-state index contributed by atoms with van der Waals surface area (Å²) in [6.45, 7) is 3.29. The van der Waals surface area contributed by atoms with Crippen LogP contribution in [0.4, 0.5) is 0 Å². The van der Waals surface area contributed by atoms with Gasteiger partial charge in [-0.25, -0.2) is 4.98 Å². The third-order valence-corrected chi connectivity index (χ3v) is 6.29. The van der Waals surface area contributed by atoms with Crippen LogP contribution in [0.1, 0.15) is 54.8 Å². The van der Waals surface area contributed by atoms with Gasteiger partial charge in [0.15, 0.2) is 5.82 Å². The molecule has 4 rings (SSSR count). The Bertz CT molecular complexity index is 725. The van der Waals surface area contributed by atoms with Crippen LogP contribution in [0.15, 0.2) is 4.79 Å². The van der Waals surface area contributed by atoms with Gasteiger partial charge in [0, 0.05) is 4.88 Å². The van der Waals surface area contributed by atoms with Crippen LogP contribution in [0, 0.1) is 0 Å². The smallest absolute Gasteiger partial charge is 0.260 e. The molecule has 22 heavy (non-hydrogen) atoms. The van der Waals surface area contributed by atoms with Crippen molar-refractivity contribution in [3.8, 4) is 0 Å². The van der Waals surface area contributed by atoms with Gasteiger partial charge in [-0.1, -0.05) is 6.42 Å². The minimum Gasteiger partial charge on any atom is -0.329 e. The molecule has 0 bridgehead atoms. The summed E-state index contributed by atoms with van der Waals surface area (Å²) in [7, 11) is 0. The third-order valence-electron chi connectivity index (χ3n) is 5.10. The normalized spacial score (nSPS) is 20.0. The summed E-state index contributed by atoms with van der Waals surface area (Å²) in [4.78, 5) is 24.3. The van der Waals surface area contributed by atoms with E-state index in [0.717, 1.165) is 35.4 Å². The van der Waals surface area contributed by atoms with Crippen molar-refractivity contribution in [3.63, 3.8) is 0 Å². The highest BCUT2D eigenvalue weighted by atomic mass is 32.1. The highest BCUT2D eigenvalue weighted by Crippen LogP contribution is 2.34. The predicted molar refractivity (Wildman–Crippen MR) is 89.8 cm³/mol. The third kappa shape index (κ3) is 2.72. The fourth-order valence-electron chi connectivity index (χ4n) is 3.95. The summed E-state index contributed by atoms with van der Waals surface area (Å²) in [6, 6.07) is 0.